The Labute approximate surface area is 302 Å². The van der Waals surface area contributed by atoms with Gasteiger partial charge < -0.3 is 22.6 Å². The van der Waals surface area contributed by atoms with Gasteiger partial charge >= 0.3 is 26.4 Å². The molecule has 0 atom stereocenters. The van der Waals surface area contributed by atoms with Gasteiger partial charge in [0.1, 0.15) is 12.4 Å². The van der Waals surface area contributed by atoms with Crippen LogP contribution in [-0.2, 0) is 36.4 Å². The summed E-state index contributed by atoms with van der Waals surface area (Å²) in [5.74, 6) is -1.24. The van der Waals surface area contributed by atoms with Crippen molar-refractivity contribution in [3.63, 3.8) is 0 Å². The average Bonchev–Trinajstić information content (AvgIpc) is 2.98. The molecule has 3 rings (SSSR count). The number of benzene rings is 3. The van der Waals surface area contributed by atoms with Gasteiger partial charge in [-0.25, -0.2) is 8.42 Å². The summed E-state index contributed by atoms with van der Waals surface area (Å²) in [5, 5.41) is 0. The molecule has 0 fully saturated rings. The van der Waals surface area contributed by atoms with Crippen LogP contribution in [0.25, 0.3) is 22.3 Å². The highest BCUT2D eigenvalue weighted by molar-refractivity contribution is 7.92. The number of halogens is 3. The lowest BCUT2D eigenvalue weighted by Gasteiger charge is -2.26. The van der Waals surface area contributed by atoms with E-state index in [1.165, 1.54) is 43.5 Å². The molecule has 3 aromatic carbocycles. The standard InChI is InChI=1S/C34H40F3NO11S3/c1-21(2)14-16-38(50(7,39)40)27-12-10-23(18-26(27)34(35,36)37)25-20-30(45-5)31(33(32(25)46-6)49-52(9,43)44)24-11-13-28(47-17-15-22(3)4)29(19-24)48-51(8,41)42/h10-15,18-20H,16-17H2,1-9H3. The lowest BCUT2D eigenvalue weighted by Crippen LogP contribution is -2.32. The second kappa shape index (κ2) is 16.1. The van der Waals surface area contributed by atoms with Gasteiger partial charge in [-0.15, -0.1) is 0 Å². The first-order valence-electron chi connectivity index (χ1n) is 15.2. The van der Waals surface area contributed by atoms with Crippen LogP contribution in [0.5, 0.6) is 28.7 Å². The van der Waals surface area contributed by atoms with Crippen LogP contribution in [0.1, 0.15) is 33.3 Å². The van der Waals surface area contributed by atoms with Crippen molar-refractivity contribution < 1.29 is 61.0 Å². The number of hydrogen-bond donors (Lipinski definition) is 0. The summed E-state index contributed by atoms with van der Waals surface area (Å²) >= 11 is 0. The molecule has 0 unspecified atom stereocenters. The summed E-state index contributed by atoms with van der Waals surface area (Å²) in [6, 6.07) is 8.20. The Balaban J connectivity index is 2.44. The Kier molecular flexibility index (Phi) is 13.0. The molecule has 0 amide bonds. The number of anilines is 1. The second-order valence-electron chi connectivity index (χ2n) is 12.0. The van der Waals surface area contributed by atoms with Crippen molar-refractivity contribution in [2.24, 2.45) is 0 Å². The van der Waals surface area contributed by atoms with Gasteiger partial charge in [0.05, 0.1) is 56.3 Å². The SMILES string of the molecule is COc1cc(-c2ccc(N(CC=C(C)C)S(C)(=O)=O)c(C(F)(F)F)c2)c(OC)c(OS(C)(=O)=O)c1-c1ccc(OCC=C(C)C)c(OS(C)(=O)=O)c1. The Bertz CT molecular complexity index is 2210. The Morgan fingerprint density at radius 1 is 0.712 bits per heavy atom. The maximum atomic E-state index is 14.6. The quantitative estimate of drug-likeness (QED) is 0.118. The van der Waals surface area contributed by atoms with Gasteiger partial charge in [-0.2, -0.15) is 30.0 Å². The van der Waals surface area contributed by atoms with Crippen molar-refractivity contribution in [3.05, 3.63) is 71.3 Å². The van der Waals surface area contributed by atoms with Crippen LogP contribution >= 0.6 is 0 Å². The van der Waals surface area contributed by atoms with E-state index >= 15 is 0 Å². The number of nitrogens with zero attached hydrogens (tertiary/aromatic N) is 1. The minimum atomic E-state index is -5.05. The monoisotopic (exact) mass is 791 g/mol. The van der Waals surface area contributed by atoms with Crippen LogP contribution in [0.4, 0.5) is 18.9 Å². The van der Waals surface area contributed by atoms with Gasteiger partial charge in [-0.3, -0.25) is 4.31 Å². The topological polar surface area (TPSA) is 152 Å². The number of methoxy groups -OCH3 is 2. The maximum absolute atomic E-state index is 14.6. The van der Waals surface area contributed by atoms with Gasteiger partial charge in [0, 0.05) is 5.56 Å². The molecule has 52 heavy (non-hydrogen) atoms. The molecule has 12 nitrogen and oxygen atoms in total. The van der Waals surface area contributed by atoms with E-state index in [1.54, 1.807) is 19.9 Å². The average molecular weight is 792 g/mol. The molecule has 0 bridgehead atoms. The van der Waals surface area contributed by atoms with Crippen LogP contribution in [-0.4, -0.2) is 71.4 Å². The van der Waals surface area contributed by atoms with E-state index in [0.29, 0.717) is 15.9 Å². The molecule has 0 radical (unpaired) electrons. The molecule has 18 heteroatoms. The number of allylic oxidation sites excluding steroid dienone is 2. The molecular formula is C34H40F3NO11S3. The number of sulfonamides is 1. The molecular weight excluding hydrogens is 752 g/mol. The van der Waals surface area contributed by atoms with Crippen molar-refractivity contribution >= 4 is 35.9 Å². The maximum Gasteiger partial charge on any atom is 0.418 e. The third-order valence-electron chi connectivity index (χ3n) is 7.01. The summed E-state index contributed by atoms with van der Waals surface area (Å²) in [7, 11) is -10.3. The fourth-order valence-electron chi connectivity index (χ4n) is 4.83. The molecule has 0 saturated heterocycles. The van der Waals surface area contributed by atoms with E-state index in [-0.39, 0.29) is 58.4 Å². The van der Waals surface area contributed by atoms with Crippen molar-refractivity contribution in [1.82, 2.24) is 0 Å². The van der Waals surface area contributed by atoms with Crippen LogP contribution in [0.2, 0.25) is 0 Å². The molecule has 0 heterocycles. The molecule has 0 aliphatic heterocycles. The lowest BCUT2D eigenvalue weighted by molar-refractivity contribution is -0.137. The third-order valence-corrected chi connectivity index (χ3v) is 9.11. The van der Waals surface area contributed by atoms with Crippen LogP contribution in [0.3, 0.4) is 0 Å². The summed E-state index contributed by atoms with van der Waals surface area (Å²) in [5.41, 5.74) is -0.649. The highest BCUT2D eigenvalue weighted by atomic mass is 32.2. The molecule has 0 N–H and O–H groups in total. The Morgan fingerprint density at radius 2 is 1.31 bits per heavy atom. The van der Waals surface area contributed by atoms with E-state index < -0.39 is 53.4 Å². The van der Waals surface area contributed by atoms with Gasteiger partial charge in [-0.1, -0.05) is 29.4 Å². The summed E-state index contributed by atoms with van der Waals surface area (Å²) in [4.78, 5) is 0. The first-order valence-corrected chi connectivity index (χ1v) is 20.7. The van der Waals surface area contributed by atoms with Crippen molar-refractivity contribution in [2.75, 3.05) is 50.4 Å². The van der Waals surface area contributed by atoms with Gasteiger partial charge in [-0.05, 0) is 75.2 Å². The number of ether oxygens (including phenoxy) is 3. The minimum Gasteiger partial charge on any atom is -0.496 e. The van der Waals surface area contributed by atoms with Crippen molar-refractivity contribution in [2.45, 2.75) is 33.9 Å². The molecule has 0 aliphatic rings. The van der Waals surface area contributed by atoms with E-state index in [4.69, 9.17) is 22.6 Å². The summed E-state index contributed by atoms with van der Waals surface area (Å²) in [6.07, 6.45) is 0.486. The Hall–Kier alpha value is -4.42. The predicted molar refractivity (Wildman–Crippen MR) is 193 cm³/mol. The first kappa shape index (κ1) is 42.0. The summed E-state index contributed by atoms with van der Waals surface area (Å²) < 4.78 is 147. The highest BCUT2D eigenvalue weighted by Gasteiger charge is 2.38. The van der Waals surface area contributed by atoms with Crippen LogP contribution in [0, 0.1) is 0 Å². The normalized spacial score (nSPS) is 12.1. The molecule has 0 aliphatic carbocycles. The zero-order valence-electron chi connectivity index (χ0n) is 29.9. The van der Waals surface area contributed by atoms with Crippen molar-refractivity contribution in [1.29, 1.82) is 0 Å². The fourth-order valence-corrected chi connectivity index (χ4v) is 6.61. The van der Waals surface area contributed by atoms with E-state index in [9.17, 15) is 38.4 Å². The summed E-state index contributed by atoms with van der Waals surface area (Å²) in [6.45, 7) is 6.70. The van der Waals surface area contributed by atoms with Gasteiger partial charge in [0.25, 0.3) is 0 Å². The first-order chi connectivity index (χ1) is 23.9. The molecule has 0 aromatic heterocycles. The molecule has 3 aromatic rings. The van der Waals surface area contributed by atoms with E-state index in [0.717, 1.165) is 37.5 Å². The molecule has 0 saturated carbocycles. The molecule has 0 spiro atoms. The highest BCUT2D eigenvalue weighted by Crippen LogP contribution is 2.52. The van der Waals surface area contributed by atoms with Gasteiger partial charge in [0.2, 0.25) is 10.0 Å². The predicted octanol–water partition coefficient (Wildman–Crippen LogP) is 6.81. The second-order valence-corrected chi connectivity index (χ2v) is 17.1. The third kappa shape index (κ3) is 11.0. The number of rotatable bonds is 15. The van der Waals surface area contributed by atoms with Crippen LogP contribution in [0.15, 0.2) is 65.8 Å². The zero-order chi connectivity index (χ0) is 39.4. The van der Waals surface area contributed by atoms with Crippen molar-refractivity contribution in [3.8, 4) is 51.0 Å². The number of hydrogen-bond acceptors (Lipinski definition) is 11. The zero-order valence-corrected chi connectivity index (χ0v) is 32.4. The number of alkyl halides is 3. The molecule has 286 valence electrons. The lowest BCUT2D eigenvalue weighted by atomic mass is 9.95. The van der Waals surface area contributed by atoms with E-state index in [2.05, 4.69) is 0 Å². The largest absolute Gasteiger partial charge is 0.496 e. The smallest absolute Gasteiger partial charge is 0.418 e. The van der Waals surface area contributed by atoms with E-state index in [1.807, 2.05) is 13.8 Å². The van der Waals surface area contributed by atoms with Crippen LogP contribution < -0.4 is 26.9 Å². The fraction of sp³-hybridized carbons (Fsp3) is 0.353. The van der Waals surface area contributed by atoms with Gasteiger partial charge in [0.15, 0.2) is 23.0 Å². The Morgan fingerprint density at radius 3 is 1.81 bits per heavy atom. The minimum absolute atomic E-state index is 0.0207.